The van der Waals surface area contributed by atoms with Crippen LogP contribution in [-0.4, -0.2) is 28.9 Å². The predicted octanol–water partition coefficient (Wildman–Crippen LogP) is 1.67. The number of aliphatic hydroxyl groups is 1. The van der Waals surface area contributed by atoms with Crippen LogP contribution in [0.25, 0.3) is 0 Å². The summed E-state index contributed by atoms with van der Waals surface area (Å²) in [4.78, 5) is 11.3. The molecule has 88 valence electrons. The molecule has 1 fully saturated rings. The van der Waals surface area contributed by atoms with Gasteiger partial charge >= 0.3 is 6.09 Å². The number of amides is 1. The van der Waals surface area contributed by atoms with Crippen molar-refractivity contribution >= 4 is 6.09 Å². The number of hydrogen-bond acceptors (Lipinski definition) is 3. The molecule has 0 atom stereocenters. The van der Waals surface area contributed by atoms with Gasteiger partial charge in [0.2, 0.25) is 0 Å². The highest BCUT2D eigenvalue weighted by Gasteiger charge is 2.38. The molecule has 1 aliphatic rings. The van der Waals surface area contributed by atoms with Crippen molar-refractivity contribution in [3.63, 3.8) is 0 Å². The molecule has 0 aromatic rings. The molecule has 0 aromatic heterocycles. The Morgan fingerprint density at radius 3 is 2.47 bits per heavy atom. The van der Waals surface area contributed by atoms with Crippen molar-refractivity contribution in [2.24, 2.45) is 5.92 Å². The first-order chi connectivity index (χ1) is 6.68. The van der Waals surface area contributed by atoms with Gasteiger partial charge in [-0.15, -0.1) is 0 Å². The monoisotopic (exact) mass is 215 g/mol. The third-order valence-corrected chi connectivity index (χ3v) is 2.39. The van der Waals surface area contributed by atoms with E-state index in [1.165, 1.54) is 0 Å². The van der Waals surface area contributed by atoms with Gasteiger partial charge in [0, 0.05) is 6.54 Å². The second-order valence-corrected chi connectivity index (χ2v) is 5.65. The summed E-state index contributed by atoms with van der Waals surface area (Å²) in [5.74, 6) is 0.382. The number of alkyl carbamates (subject to hydrolysis) is 1. The summed E-state index contributed by atoms with van der Waals surface area (Å²) >= 11 is 0. The van der Waals surface area contributed by atoms with Crippen LogP contribution < -0.4 is 5.32 Å². The molecule has 1 rings (SSSR count). The minimum atomic E-state index is -0.528. The summed E-state index contributed by atoms with van der Waals surface area (Å²) in [5.41, 5.74) is -0.977. The molecule has 0 unspecified atom stereocenters. The minimum Gasteiger partial charge on any atom is -0.444 e. The van der Waals surface area contributed by atoms with E-state index in [9.17, 15) is 9.90 Å². The molecule has 2 N–H and O–H groups in total. The molecule has 0 aromatic carbocycles. The number of ether oxygens (including phenoxy) is 1. The average Bonchev–Trinajstić information content (AvgIpc) is 1.93. The maximum absolute atomic E-state index is 11.3. The van der Waals surface area contributed by atoms with Crippen molar-refractivity contribution in [1.29, 1.82) is 0 Å². The van der Waals surface area contributed by atoms with Gasteiger partial charge in [0.25, 0.3) is 0 Å². The maximum Gasteiger partial charge on any atom is 0.407 e. The van der Waals surface area contributed by atoms with E-state index in [2.05, 4.69) is 5.32 Å². The number of carbonyl (C=O) groups is 1. The van der Waals surface area contributed by atoms with Gasteiger partial charge in [-0.05, 0) is 46.5 Å². The SMILES string of the molecule is CC1(O)CC(CNC(=O)OC(C)(C)C)C1. The zero-order valence-electron chi connectivity index (χ0n) is 9.96. The molecule has 0 aliphatic heterocycles. The van der Waals surface area contributed by atoms with Gasteiger partial charge in [-0.2, -0.15) is 0 Å². The third kappa shape index (κ3) is 4.51. The molecule has 1 saturated carbocycles. The van der Waals surface area contributed by atoms with Crippen LogP contribution in [0.1, 0.15) is 40.5 Å². The first-order valence-corrected chi connectivity index (χ1v) is 5.37. The molecule has 1 amide bonds. The van der Waals surface area contributed by atoms with Crippen LogP contribution in [0.4, 0.5) is 4.79 Å². The number of carbonyl (C=O) groups excluding carboxylic acids is 1. The van der Waals surface area contributed by atoms with Crippen molar-refractivity contribution in [2.75, 3.05) is 6.54 Å². The minimum absolute atomic E-state index is 0.381. The molecule has 1 aliphatic carbocycles. The smallest absolute Gasteiger partial charge is 0.407 e. The first-order valence-electron chi connectivity index (χ1n) is 5.37. The second kappa shape index (κ2) is 4.00. The normalized spacial score (nSPS) is 30.6. The van der Waals surface area contributed by atoms with Crippen LogP contribution in [0.3, 0.4) is 0 Å². The van der Waals surface area contributed by atoms with Crippen LogP contribution in [0, 0.1) is 5.92 Å². The fourth-order valence-electron chi connectivity index (χ4n) is 1.87. The molecule has 0 radical (unpaired) electrons. The summed E-state index contributed by atoms with van der Waals surface area (Å²) in [7, 11) is 0. The Balaban J connectivity index is 2.14. The molecule has 4 nitrogen and oxygen atoms in total. The van der Waals surface area contributed by atoms with E-state index in [1.54, 1.807) is 0 Å². The van der Waals surface area contributed by atoms with E-state index < -0.39 is 11.2 Å². The fourth-order valence-corrected chi connectivity index (χ4v) is 1.87. The predicted molar refractivity (Wildman–Crippen MR) is 57.6 cm³/mol. The molecule has 4 heteroatoms. The average molecular weight is 215 g/mol. The number of hydrogen-bond donors (Lipinski definition) is 2. The van der Waals surface area contributed by atoms with Gasteiger partial charge in [0.1, 0.15) is 5.60 Å². The molecule has 0 saturated heterocycles. The van der Waals surface area contributed by atoms with Crippen LogP contribution in [-0.2, 0) is 4.74 Å². The highest BCUT2D eigenvalue weighted by molar-refractivity contribution is 5.67. The highest BCUT2D eigenvalue weighted by atomic mass is 16.6. The van der Waals surface area contributed by atoms with E-state index in [0.29, 0.717) is 12.5 Å². The topological polar surface area (TPSA) is 58.6 Å². The summed E-state index contributed by atoms with van der Waals surface area (Å²) in [5, 5.41) is 12.2. The standard InChI is InChI=1S/C11H21NO3/c1-10(2,3)15-9(13)12-7-8-5-11(4,14)6-8/h8,14H,5-7H2,1-4H3,(H,12,13). The molecule has 0 bridgehead atoms. The van der Waals surface area contributed by atoms with Crippen molar-refractivity contribution in [3.05, 3.63) is 0 Å². The van der Waals surface area contributed by atoms with E-state index in [-0.39, 0.29) is 6.09 Å². The zero-order chi connectivity index (χ0) is 11.7. The van der Waals surface area contributed by atoms with Gasteiger partial charge in [0.15, 0.2) is 0 Å². The Bertz CT molecular complexity index is 235. The zero-order valence-corrected chi connectivity index (χ0v) is 9.96. The van der Waals surface area contributed by atoms with Gasteiger partial charge in [0.05, 0.1) is 5.60 Å². The fraction of sp³-hybridized carbons (Fsp3) is 0.909. The lowest BCUT2D eigenvalue weighted by Crippen LogP contribution is -2.46. The number of nitrogens with one attached hydrogen (secondary N) is 1. The second-order valence-electron chi connectivity index (χ2n) is 5.65. The maximum atomic E-state index is 11.3. The molecule has 0 spiro atoms. The first kappa shape index (κ1) is 12.3. The highest BCUT2D eigenvalue weighted by Crippen LogP contribution is 2.36. The van der Waals surface area contributed by atoms with E-state index in [1.807, 2.05) is 27.7 Å². The summed E-state index contributed by atoms with van der Waals surface area (Å²) in [6, 6.07) is 0. The van der Waals surface area contributed by atoms with E-state index >= 15 is 0 Å². The summed E-state index contributed by atoms with van der Waals surface area (Å²) in [6.07, 6.45) is 1.13. The molecular formula is C11H21NO3. The lowest BCUT2D eigenvalue weighted by Gasteiger charge is -2.41. The van der Waals surface area contributed by atoms with E-state index in [4.69, 9.17) is 4.74 Å². The van der Waals surface area contributed by atoms with Gasteiger partial charge < -0.3 is 15.2 Å². The van der Waals surface area contributed by atoms with Crippen LogP contribution in [0.5, 0.6) is 0 Å². The Morgan fingerprint density at radius 2 is 2.07 bits per heavy atom. The van der Waals surface area contributed by atoms with Crippen LogP contribution >= 0.6 is 0 Å². The van der Waals surface area contributed by atoms with Gasteiger partial charge in [-0.25, -0.2) is 4.79 Å². The molecular weight excluding hydrogens is 194 g/mol. The largest absolute Gasteiger partial charge is 0.444 e. The van der Waals surface area contributed by atoms with Gasteiger partial charge in [-0.1, -0.05) is 0 Å². The Labute approximate surface area is 91.0 Å². The van der Waals surface area contributed by atoms with Gasteiger partial charge in [-0.3, -0.25) is 0 Å². The van der Waals surface area contributed by atoms with E-state index in [0.717, 1.165) is 12.8 Å². The Morgan fingerprint density at radius 1 is 1.53 bits per heavy atom. The third-order valence-electron chi connectivity index (χ3n) is 2.39. The lowest BCUT2D eigenvalue weighted by molar-refractivity contribution is -0.0565. The van der Waals surface area contributed by atoms with Crippen molar-refractivity contribution < 1.29 is 14.6 Å². The summed E-state index contributed by atoms with van der Waals surface area (Å²) < 4.78 is 5.10. The number of rotatable bonds is 2. The van der Waals surface area contributed by atoms with Crippen molar-refractivity contribution in [2.45, 2.75) is 51.7 Å². The lowest BCUT2D eigenvalue weighted by atomic mass is 9.72. The van der Waals surface area contributed by atoms with Crippen LogP contribution in [0.15, 0.2) is 0 Å². The van der Waals surface area contributed by atoms with Crippen molar-refractivity contribution in [1.82, 2.24) is 5.32 Å². The van der Waals surface area contributed by atoms with Crippen molar-refractivity contribution in [3.8, 4) is 0 Å². The Hall–Kier alpha value is -0.770. The molecule has 15 heavy (non-hydrogen) atoms. The summed E-state index contributed by atoms with van der Waals surface area (Å²) in [6.45, 7) is 7.91. The Kier molecular flexibility index (Phi) is 3.28. The molecule has 0 heterocycles. The quantitative estimate of drug-likeness (QED) is 0.736. The van der Waals surface area contributed by atoms with Crippen LogP contribution in [0.2, 0.25) is 0 Å².